The first kappa shape index (κ1) is 18.5. The largest absolute Gasteiger partial charge is 0.493 e. The Bertz CT molecular complexity index is 862. The van der Waals surface area contributed by atoms with Gasteiger partial charge in [0, 0.05) is 31.1 Å². The number of carbonyl (C=O) groups is 2. The molecule has 0 spiro atoms. The molecule has 2 aromatic carbocycles. The summed E-state index contributed by atoms with van der Waals surface area (Å²) in [6.07, 6.45) is 2.13. The van der Waals surface area contributed by atoms with Crippen molar-refractivity contribution in [1.29, 1.82) is 0 Å². The van der Waals surface area contributed by atoms with E-state index in [1.54, 1.807) is 4.90 Å². The second-order valence-electron chi connectivity index (χ2n) is 7.66. The maximum Gasteiger partial charge on any atom is 0.227 e. The van der Waals surface area contributed by atoms with Crippen molar-refractivity contribution in [1.82, 2.24) is 5.32 Å². The second kappa shape index (κ2) is 8.05. The van der Waals surface area contributed by atoms with Crippen LogP contribution in [-0.4, -0.2) is 31.5 Å². The molecule has 4 rings (SSSR count). The summed E-state index contributed by atoms with van der Waals surface area (Å²) in [6, 6.07) is 16.0. The van der Waals surface area contributed by atoms with Gasteiger partial charge in [-0.05, 0) is 42.2 Å². The van der Waals surface area contributed by atoms with Gasteiger partial charge in [0.1, 0.15) is 5.75 Å². The predicted octanol–water partition coefficient (Wildman–Crippen LogP) is 2.97. The van der Waals surface area contributed by atoms with Crippen molar-refractivity contribution in [3.63, 3.8) is 0 Å². The van der Waals surface area contributed by atoms with E-state index in [1.165, 1.54) is 11.1 Å². The van der Waals surface area contributed by atoms with Crippen LogP contribution < -0.4 is 15.0 Å². The maximum atomic E-state index is 12.6. The van der Waals surface area contributed by atoms with E-state index in [0.717, 1.165) is 24.3 Å². The lowest BCUT2D eigenvalue weighted by molar-refractivity contribution is -0.126. The molecule has 0 radical (unpaired) electrons. The van der Waals surface area contributed by atoms with Crippen molar-refractivity contribution in [3.8, 4) is 5.75 Å². The molecule has 28 heavy (non-hydrogen) atoms. The van der Waals surface area contributed by atoms with E-state index in [-0.39, 0.29) is 30.1 Å². The molecule has 0 saturated carbocycles. The summed E-state index contributed by atoms with van der Waals surface area (Å²) in [7, 11) is 0. The van der Waals surface area contributed by atoms with Crippen molar-refractivity contribution in [3.05, 3.63) is 59.7 Å². The Morgan fingerprint density at radius 2 is 1.93 bits per heavy atom. The molecule has 146 valence electrons. The monoisotopic (exact) mass is 378 g/mol. The summed E-state index contributed by atoms with van der Waals surface area (Å²) in [6.45, 7) is 3.73. The molecule has 1 saturated heterocycles. The number of amides is 2. The van der Waals surface area contributed by atoms with Crippen LogP contribution in [0.2, 0.25) is 0 Å². The van der Waals surface area contributed by atoms with E-state index in [9.17, 15) is 9.59 Å². The van der Waals surface area contributed by atoms with Crippen LogP contribution >= 0.6 is 0 Å². The highest BCUT2D eigenvalue weighted by Crippen LogP contribution is 2.28. The number of hydrogen-bond donors (Lipinski definition) is 1. The Labute approximate surface area is 165 Å². The minimum absolute atomic E-state index is 0.0133. The third kappa shape index (κ3) is 3.88. The molecule has 5 nitrogen and oxygen atoms in total. The van der Waals surface area contributed by atoms with E-state index >= 15 is 0 Å². The summed E-state index contributed by atoms with van der Waals surface area (Å²) < 4.78 is 5.79. The zero-order chi connectivity index (χ0) is 19.5. The van der Waals surface area contributed by atoms with E-state index < -0.39 is 0 Å². The van der Waals surface area contributed by atoms with Crippen LogP contribution in [0.3, 0.4) is 0 Å². The molecule has 2 aromatic rings. The van der Waals surface area contributed by atoms with Crippen LogP contribution in [0.25, 0.3) is 0 Å². The Kier molecular flexibility index (Phi) is 5.33. The lowest BCUT2D eigenvalue weighted by Crippen LogP contribution is -2.38. The van der Waals surface area contributed by atoms with Gasteiger partial charge < -0.3 is 15.0 Å². The minimum atomic E-state index is -0.296. The molecule has 2 aliphatic rings. The molecule has 2 atom stereocenters. The molecule has 2 unspecified atom stereocenters. The number of nitrogens with one attached hydrogen (secondary N) is 1. The number of rotatable bonds is 5. The molecular weight excluding hydrogens is 352 g/mol. The first-order valence-electron chi connectivity index (χ1n) is 10.0. The van der Waals surface area contributed by atoms with Crippen LogP contribution in [0.15, 0.2) is 48.5 Å². The predicted molar refractivity (Wildman–Crippen MR) is 108 cm³/mol. The summed E-state index contributed by atoms with van der Waals surface area (Å²) in [5.74, 6) is 0.874. The maximum absolute atomic E-state index is 12.6. The van der Waals surface area contributed by atoms with Gasteiger partial charge in [-0.1, -0.05) is 37.3 Å². The molecule has 0 bridgehead atoms. The number of aryl methyl sites for hydroxylation is 1. The van der Waals surface area contributed by atoms with E-state index in [1.807, 2.05) is 42.5 Å². The van der Waals surface area contributed by atoms with Gasteiger partial charge in [0.25, 0.3) is 0 Å². The minimum Gasteiger partial charge on any atom is -0.493 e. The number of para-hydroxylation sites is 1. The topological polar surface area (TPSA) is 58.6 Å². The van der Waals surface area contributed by atoms with Crippen molar-refractivity contribution in [2.45, 2.75) is 26.2 Å². The number of ether oxygens (including phenoxy) is 1. The first-order valence-corrected chi connectivity index (χ1v) is 10.0. The fraction of sp³-hybridized carbons (Fsp3) is 0.391. The smallest absolute Gasteiger partial charge is 0.227 e. The highest BCUT2D eigenvalue weighted by molar-refractivity contribution is 6.00. The number of carbonyl (C=O) groups excluding carboxylic acids is 2. The standard InChI is InChI=1S/C23H26N2O3/c1-2-16-7-9-20(10-8-16)25-14-19(12-22(25)26)23(27)24-13-17-11-18-5-3-4-6-21(18)28-15-17/h3-10,17,19H,2,11-15H2,1H3,(H,24,27). The van der Waals surface area contributed by atoms with Gasteiger partial charge in [-0.2, -0.15) is 0 Å². The average molecular weight is 378 g/mol. The summed E-state index contributed by atoms with van der Waals surface area (Å²) in [5.41, 5.74) is 3.29. The molecular formula is C23H26N2O3. The number of benzene rings is 2. The lowest BCUT2D eigenvalue weighted by Gasteiger charge is -2.25. The number of fused-ring (bicyclic) bond motifs is 1. The quantitative estimate of drug-likeness (QED) is 0.870. The molecule has 1 fully saturated rings. The molecule has 5 heteroatoms. The highest BCUT2D eigenvalue weighted by atomic mass is 16.5. The van der Waals surface area contributed by atoms with Crippen LogP contribution in [0.1, 0.15) is 24.5 Å². The normalized spacial score (nSPS) is 21.2. The highest BCUT2D eigenvalue weighted by Gasteiger charge is 2.35. The number of hydrogen-bond acceptors (Lipinski definition) is 3. The van der Waals surface area contributed by atoms with Crippen LogP contribution in [0.5, 0.6) is 5.75 Å². The molecule has 0 aliphatic carbocycles. The lowest BCUT2D eigenvalue weighted by atomic mass is 9.96. The fourth-order valence-corrected chi connectivity index (χ4v) is 3.96. The van der Waals surface area contributed by atoms with Crippen molar-refractivity contribution < 1.29 is 14.3 Å². The zero-order valence-electron chi connectivity index (χ0n) is 16.2. The molecule has 2 aliphatic heterocycles. The summed E-state index contributed by atoms with van der Waals surface area (Å²) >= 11 is 0. The Hall–Kier alpha value is -2.82. The summed E-state index contributed by atoms with van der Waals surface area (Å²) in [4.78, 5) is 26.8. The zero-order valence-corrected chi connectivity index (χ0v) is 16.2. The van der Waals surface area contributed by atoms with E-state index in [0.29, 0.717) is 19.7 Å². The fourth-order valence-electron chi connectivity index (χ4n) is 3.96. The van der Waals surface area contributed by atoms with Gasteiger partial charge in [0.15, 0.2) is 0 Å². The molecule has 0 aromatic heterocycles. The van der Waals surface area contributed by atoms with Gasteiger partial charge in [0.05, 0.1) is 12.5 Å². The Morgan fingerprint density at radius 1 is 1.14 bits per heavy atom. The van der Waals surface area contributed by atoms with Crippen molar-refractivity contribution in [2.24, 2.45) is 11.8 Å². The molecule has 1 N–H and O–H groups in total. The van der Waals surface area contributed by atoms with E-state index in [2.05, 4.69) is 18.3 Å². The van der Waals surface area contributed by atoms with Crippen LogP contribution in [-0.2, 0) is 22.4 Å². The number of nitrogens with zero attached hydrogens (tertiary/aromatic N) is 1. The van der Waals surface area contributed by atoms with Gasteiger partial charge in [-0.15, -0.1) is 0 Å². The van der Waals surface area contributed by atoms with Crippen LogP contribution in [0, 0.1) is 11.8 Å². The molecule has 2 amide bonds. The average Bonchev–Trinajstić information content (AvgIpc) is 3.13. The third-order valence-electron chi connectivity index (χ3n) is 5.67. The van der Waals surface area contributed by atoms with Crippen molar-refractivity contribution >= 4 is 17.5 Å². The van der Waals surface area contributed by atoms with Crippen molar-refractivity contribution in [2.75, 3.05) is 24.6 Å². The van der Waals surface area contributed by atoms with Gasteiger partial charge >= 0.3 is 0 Å². The summed E-state index contributed by atoms with van der Waals surface area (Å²) in [5, 5.41) is 3.04. The molecule has 2 heterocycles. The Balaban J connectivity index is 1.31. The van der Waals surface area contributed by atoms with Gasteiger partial charge in [-0.25, -0.2) is 0 Å². The van der Waals surface area contributed by atoms with E-state index in [4.69, 9.17) is 4.74 Å². The SMILES string of the molecule is CCc1ccc(N2CC(C(=O)NCC3COc4ccccc4C3)CC2=O)cc1. The van der Waals surface area contributed by atoms with Gasteiger partial charge in [-0.3, -0.25) is 9.59 Å². The Morgan fingerprint density at radius 3 is 2.71 bits per heavy atom. The van der Waals surface area contributed by atoms with Crippen LogP contribution in [0.4, 0.5) is 5.69 Å². The number of anilines is 1. The second-order valence-corrected chi connectivity index (χ2v) is 7.66. The third-order valence-corrected chi connectivity index (χ3v) is 5.67. The first-order chi connectivity index (χ1) is 13.6. The van der Waals surface area contributed by atoms with Gasteiger partial charge in [0.2, 0.25) is 11.8 Å².